The maximum absolute atomic E-state index is 13.2. The Hall–Kier alpha value is -2.27. The Balaban J connectivity index is 1.72. The number of ketones is 1. The highest BCUT2D eigenvalue weighted by molar-refractivity contribution is 9.10. The SMILES string of the molecule is CC1(C)CC(=O)C2=C(C1)Nc1cc3c(cc1[C@@H]2c1ccc(Br)cc1)OCO3. The molecule has 5 heteroatoms. The van der Waals surface area contributed by atoms with Gasteiger partial charge in [-0.25, -0.2) is 0 Å². The molecule has 1 atom stereocenters. The summed E-state index contributed by atoms with van der Waals surface area (Å²) in [5.74, 6) is 1.62. The second-order valence-corrected chi connectivity index (χ2v) is 9.15. The molecule has 2 heterocycles. The molecule has 2 aromatic carbocycles. The lowest BCUT2D eigenvalue weighted by atomic mass is 9.69. The fourth-order valence-electron chi connectivity index (χ4n) is 4.41. The third-order valence-corrected chi connectivity index (χ3v) is 6.08. The predicted octanol–water partition coefficient (Wildman–Crippen LogP) is 5.38. The molecule has 1 N–H and O–H groups in total. The first-order valence-electron chi connectivity index (χ1n) is 9.14. The quantitative estimate of drug-likeness (QED) is 0.666. The number of Topliss-reactive ketones (excluding diaryl/α,β-unsaturated/α-hetero) is 1. The zero-order valence-electron chi connectivity index (χ0n) is 15.3. The van der Waals surface area contributed by atoms with Gasteiger partial charge < -0.3 is 14.8 Å². The van der Waals surface area contributed by atoms with Crippen LogP contribution in [0.4, 0.5) is 5.69 Å². The standard InChI is InChI=1S/C22H20BrNO3/c1-22(2)9-16-21(17(25)10-22)20(12-3-5-13(23)6-4-12)14-7-18-19(27-11-26-18)8-15(14)24-16/h3-8,20,24H,9-11H2,1-2H3/t20-/m0/s1. The molecule has 2 aliphatic heterocycles. The van der Waals surface area contributed by atoms with Gasteiger partial charge in [0, 0.05) is 39.8 Å². The van der Waals surface area contributed by atoms with Gasteiger partial charge >= 0.3 is 0 Å². The minimum atomic E-state index is -0.0950. The van der Waals surface area contributed by atoms with Crippen molar-refractivity contribution in [3.8, 4) is 11.5 Å². The number of ether oxygens (including phenoxy) is 2. The van der Waals surface area contributed by atoms with Gasteiger partial charge in [-0.3, -0.25) is 4.79 Å². The number of hydrogen-bond donors (Lipinski definition) is 1. The summed E-state index contributed by atoms with van der Waals surface area (Å²) < 4.78 is 12.2. The molecule has 0 fully saturated rings. The lowest BCUT2D eigenvalue weighted by Gasteiger charge is -2.39. The number of nitrogens with one attached hydrogen (secondary N) is 1. The summed E-state index contributed by atoms with van der Waals surface area (Å²) in [7, 11) is 0. The minimum Gasteiger partial charge on any atom is -0.454 e. The predicted molar refractivity (Wildman–Crippen MR) is 107 cm³/mol. The number of carbonyl (C=O) groups excluding carboxylic acids is 1. The van der Waals surface area contributed by atoms with Crippen LogP contribution in [0.15, 0.2) is 52.1 Å². The van der Waals surface area contributed by atoms with Gasteiger partial charge in [0.25, 0.3) is 0 Å². The van der Waals surface area contributed by atoms with E-state index in [1.54, 1.807) is 0 Å². The summed E-state index contributed by atoms with van der Waals surface area (Å²) in [5, 5.41) is 3.54. The van der Waals surface area contributed by atoms with Crippen molar-refractivity contribution in [2.45, 2.75) is 32.6 Å². The normalized spacial score (nSPS) is 22.2. The third-order valence-electron chi connectivity index (χ3n) is 5.55. The number of halogens is 1. The second-order valence-electron chi connectivity index (χ2n) is 8.24. The molecule has 0 saturated heterocycles. The molecule has 138 valence electrons. The van der Waals surface area contributed by atoms with Gasteiger partial charge in [0.05, 0.1) is 0 Å². The van der Waals surface area contributed by atoms with E-state index in [1.807, 2.05) is 24.3 Å². The minimum absolute atomic E-state index is 0.0406. The van der Waals surface area contributed by atoms with Crippen molar-refractivity contribution in [3.05, 3.63) is 63.3 Å². The molecule has 3 aliphatic rings. The van der Waals surface area contributed by atoms with Crippen LogP contribution in [-0.2, 0) is 4.79 Å². The fraction of sp³-hybridized carbons (Fsp3) is 0.318. The summed E-state index contributed by atoms with van der Waals surface area (Å²) in [6, 6.07) is 12.3. The van der Waals surface area contributed by atoms with Gasteiger partial charge in [-0.1, -0.05) is 41.9 Å². The first-order valence-corrected chi connectivity index (χ1v) is 9.93. The lowest BCUT2D eigenvalue weighted by molar-refractivity contribution is -0.118. The van der Waals surface area contributed by atoms with Crippen LogP contribution in [0.25, 0.3) is 0 Å². The maximum Gasteiger partial charge on any atom is 0.231 e. The second kappa shape index (κ2) is 5.86. The summed E-state index contributed by atoms with van der Waals surface area (Å²) >= 11 is 3.51. The number of anilines is 1. The molecule has 0 aromatic heterocycles. The smallest absolute Gasteiger partial charge is 0.231 e. The molecule has 0 unspecified atom stereocenters. The van der Waals surface area contributed by atoms with E-state index >= 15 is 0 Å². The van der Waals surface area contributed by atoms with Crippen molar-refractivity contribution in [2.75, 3.05) is 12.1 Å². The van der Waals surface area contributed by atoms with Crippen LogP contribution in [0, 0.1) is 5.41 Å². The highest BCUT2D eigenvalue weighted by Crippen LogP contribution is 2.51. The van der Waals surface area contributed by atoms with Crippen molar-refractivity contribution >= 4 is 27.4 Å². The molecule has 0 radical (unpaired) electrons. The lowest BCUT2D eigenvalue weighted by Crippen LogP contribution is -2.33. The van der Waals surface area contributed by atoms with E-state index in [9.17, 15) is 4.79 Å². The van der Waals surface area contributed by atoms with E-state index in [0.717, 1.165) is 50.5 Å². The molecule has 0 spiro atoms. The number of hydrogen-bond acceptors (Lipinski definition) is 4. The first-order chi connectivity index (χ1) is 12.9. The maximum atomic E-state index is 13.2. The van der Waals surface area contributed by atoms with E-state index in [1.165, 1.54) is 0 Å². The molecule has 4 nitrogen and oxygen atoms in total. The van der Waals surface area contributed by atoms with E-state index in [4.69, 9.17) is 9.47 Å². The Bertz CT molecular complexity index is 991. The highest BCUT2D eigenvalue weighted by Gasteiger charge is 2.41. The Labute approximate surface area is 166 Å². The number of benzene rings is 2. The van der Waals surface area contributed by atoms with Crippen molar-refractivity contribution in [3.63, 3.8) is 0 Å². The number of fused-ring (bicyclic) bond motifs is 2. The van der Waals surface area contributed by atoms with Gasteiger partial charge in [-0.2, -0.15) is 0 Å². The monoisotopic (exact) mass is 425 g/mol. The highest BCUT2D eigenvalue weighted by atomic mass is 79.9. The van der Waals surface area contributed by atoms with Gasteiger partial charge in [-0.15, -0.1) is 0 Å². The zero-order valence-corrected chi connectivity index (χ0v) is 16.9. The molecule has 5 rings (SSSR count). The Morgan fingerprint density at radius 2 is 1.78 bits per heavy atom. The largest absolute Gasteiger partial charge is 0.454 e. The summed E-state index contributed by atoms with van der Waals surface area (Å²) in [4.78, 5) is 13.2. The van der Waals surface area contributed by atoms with Crippen molar-refractivity contribution in [2.24, 2.45) is 5.41 Å². The molecule has 0 bridgehead atoms. The number of allylic oxidation sites excluding steroid dienone is 2. The summed E-state index contributed by atoms with van der Waals surface area (Å²) in [6.07, 6.45) is 1.43. The summed E-state index contributed by atoms with van der Waals surface area (Å²) in [5.41, 5.74) is 5.06. The van der Waals surface area contributed by atoms with E-state index in [0.29, 0.717) is 6.42 Å². The van der Waals surface area contributed by atoms with Crippen LogP contribution in [0.3, 0.4) is 0 Å². The molecular formula is C22H20BrNO3. The third kappa shape index (κ3) is 2.76. The van der Waals surface area contributed by atoms with Crippen LogP contribution >= 0.6 is 15.9 Å². The Morgan fingerprint density at radius 1 is 1.07 bits per heavy atom. The Morgan fingerprint density at radius 3 is 2.52 bits per heavy atom. The average molecular weight is 426 g/mol. The number of carbonyl (C=O) groups is 1. The van der Waals surface area contributed by atoms with Gasteiger partial charge in [0.15, 0.2) is 17.3 Å². The van der Waals surface area contributed by atoms with E-state index in [2.05, 4.69) is 47.2 Å². The van der Waals surface area contributed by atoms with Crippen LogP contribution in [0.2, 0.25) is 0 Å². The van der Waals surface area contributed by atoms with Crippen LogP contribution in [0.5, 0.6) is 11.5 Å². The van der Waals surface area contributed by atoms with Crippen molar-refractivity contribution in [1.82, 2.24) is 0 Å². The average Bonchev–Trinajstić information content (AvgIpc) is 3.05. The number of rotatable bonds is 1. The first kappa shape index (κ1) is 16.9. The van der Waals surface area contributed by atoms with E-state index in [-0.39, 0.29) is 23.9 Å². The Kier molecular flexibility index (Phi) is 3.66. The van der Waals surface area contributed by atoms with Crippen molar-refractivity contribution < 1.29 is 14.3 Å². The van der Waals surface area contributed by atoms with Gasteiger partial charge in [-0.05, 0) is 41.2 Å². The van der Waals surface area contributed by atoms with Gasteiger partial charge in [0.2, 0.25) is 6.79 Å². The molecule has 0 saturated carbocycles. The van der Waals surface area contributed by atoms with Gasteiger partial charge in [0.1, 0.15) is 0 Å². The molecule has 0 amide bonds. The van der Waals surface area contributed by atoms with Crippen LogP contribution < -0.4 is 14.8 Å². The van der Waals surface area contributed by atoms with E-state index < -0.39 is 0 Å². The van der Waals surface area contributed by atoms with Crippen LogP contribution in [0.1, 0.15) is 43.7 Å². The molecule has 27 heavy (non-hydrogen) atoms. The molecular weight excluding hydrogens is 406 g/mol. The molecule has 2 aromatic rings. The summed E-state index contributed by atoms with van der Waals surface area (Å²) in [6.45, 7) is 4.54. The van der Waals surface area contributed by atoms with Crippen LogP contribution in [-0.4, -0.2) is 12.6 Å². The fourth-order valence-corrected chi connectivity index (χ4v) is 4.67. The topological polar surface area (TPSA) is 47.6 Å². The zero-order chi connectivity index (χ0) is 18.8. The van der Waals surface area contributed by atoms with Crippen molar-refractivity contribution in [1.29, 1.82) is 0 Å². The molecule has 1 aliphatic carbocycles.